The molecule has 0 amide bonds. The van der Waals surface area contributed by atoms with E-state index in [4.69, 9.17) is 0 Å². The second kappa shape index (κ2) is 2.72. The van der Waals surface area contributed by atoms with Crippen LogP contribution in [0.5, 0.6) is 0 Å². The molecule has 64 valence electrons. The smallest absolute Gasteiger partial charge is 0.107 e. The van der Waals surface area contributed by atoms with Gasteiger partial charge in [-0.2, -0.15) is 0 Å². The molecule has 0 aromatic rings. The van der Waals surface area contributed by atoms with E-state index in [0.29, 0.717) is 12.5 Å². The van der Waals surface area contributed by atoms with Crippen molar-refractivity contribution < 1.29 is 4.39 Å². The lowest BCUT2D eigenvalue weighted by atomic mass is 9.92. The lowest BCUT2D eigenvalue weighted by molar-refractivity contribution is 0.162. The maximum atomic E-state index is 13.2. The van der Waals surface area contributed by atoms with Gasteiger partial charge in [0.15, 0.2) is 0 Å². The predicted octanol–water partition coefficient (Wildman–Crippen LogP) is 0.248. The highest BCUT2D eigenvalue weighted by molar-refractivity contribution is 4.95. The summed E-state index contributed by atoms with van der Waals surface area (Å²) in [6.45, 7) is 2.81. The number of likely N-dealkylation sites (N-methyl/N-ethyl adjacent to an activating group) is 1. The zero-order chi connectivity index (χ0) is 7.84. The van der Waals surface area contributed by atoms with E-state index >= 15 is 0 Å². The first kappa shape index (κ1) is 7.50. The van der Waals surface area contributed by atoms with E-state index in [1.165, 1.54) is 0 Å². The van der Waals surface area contributed by atoms with E-state index in [2.05, 4.69) is 17.3 Å². The van der Waals surface area contributed by atoms with Crippen molar-refractivity contribution in [1.82, 2.24) is 10.2 Å². The number of piperidine rings is 1. The Balaban J connectivity index is 2.03. The quantitative estimate of drug-likeness (QED) is 0.543. The summed E-state index contributed by atoms with van der Waals surface area (Å²) >= 11 is 0. The molecule has 0 spiro atoms. The van der Waals surface area contributed by atoms with E-state index in [1.807, 2.05) is 0 Å². The molecule has 2 fully saturated rings. The maximum absolute atomic E-state index is 13.2. The molecule has 0 aromatic heterocycles. The molecule has 2 rings (SSSR count). The first-order chi connectivity index (χ1) is 5.27. The van der Waals surface area contributed by atoms with Crippen LogP contribution >= 0.6 is 0 Å². The highest BCUT2D eigenvalue weighted by Crippen LogP contribution is 2.26. The topological polar surface area (TPSA) is 15.3 Å². The highest BCUT2D eigenvalue weighted by Gasteiger charge is 2.38. The second-order valence-corrected chi connectivity index (χ2v) is 3.75. The van der Waals surface area contributed by atoms with Gasteiger partial charge in [-0.15, -0.1) is 0 Å². The van der Waals surface area contributed by atoms with E-state index in [-0.39, 0.29) is 5.92 Å². The Morgan fingerprint density at radius 1 is 1.45 bits per heavy atom. The van der Waals surface area contributed by atoms with Crippen LogP contribution in [0, 0.1) is 5.92 Å². The number of likely N-dealkylation sites (tertiary alicyclic amines) is 1. The fraction of sp³-hybridized carbons (Fsp3) is 1.00. The van der Waals surface area contributed by atoms with Crippen molar-refractivity contribution >= 4 is 0 Å². The molecule has 2 saturated heterocycles. The van der Waals surface area contributed by atoms with Gasteiger partial charge in [0.1, 0.15) is 6.17 Å². The van der Waals surface area contributed by atoms with E-state index in [9.17, 15) is 4.39 Å². The molecule has 0 aliphatic carbocycles. The number of fused-ring (bicyclic) bond motifs is 1. The van der Waals surface area contributed by atoms with E-state index < -0.39 is 6.17 Å². The monoisotopic (exact) mass is 158 g/mol. The van der Waals surface area contributed by atoms with Gasteiger partial charge in [0, 0.05) is 25.0 Å². The molecule has 2 nitrogen and oxygen atoms in total. The molecule has 0 bridgehead atoms. The van der Waals surface area contributed by atoms with Gasteiger partial charge in [0.2, 0.25) is 0 Å². The first-order valence-electron chi connectivity index (χ1n) is 4.33. The standard InChI is InChI=1S/C8H15FN2/c1-11-4-6-7(9)2-3-10-8(6)5-11/h6-8,10H,2-5H2,1H3. The Kier molecular flexibility index (Phi) is 1.85. The molecular formula is C8H15FN2. The van der Waals surface area contributed by atoms with E-state index in [1.54, 1.807) is 0 Å². The molecule has 0 saturated carbocycles. The van der Waals surface area contributed by atoms with Gasteiger partial charge in [0.25, 0.3) is 0 Å². The van der Waals surface area contributed by atoms with Gasteiger partial charge >= 0.3 is 0 Å². The molecule has 0 aromatic carbocycles. The summed E-state index contributed by atoms with van der Waals surface area (Å²) in [6.07, 6.45) is 0.140. The number of hydrogen-bond acceptors (Lipinski definition) is 2. The third kappa shape index (κ3) is 1.27. The average molecular weight is 158 g/mol. The Morgan fingerprint density at radius 2 is 2.27 bits per heavy atom. The molecule has 3 unspecified atom stereocenters. The largest absolute Gasteiger partial charge is 0.312 e. The zero-order valence-corrected chi connectivity index (χ0v) is 6.89. The van der Waals surface area contributed by atoms with E-state index in [0.717, 1.165) is 19.6 Å². The van der Waals surface area contributed by atoms with Crippen molar-refractivity contribution in [3.63, 3.8) is 0 Å². The Labute approximate surface area is 66.8 Å². The normalized spacial score (nSPS) is 45.8. The van der Waals surface area contributed by atoms with Gasteiger partial charge < -0.3 is 10.2 Å². The van der Waals surface area contributed by atoms with Gasteiger partial charge in [-0.1, -0.05) is 0 Å². The average Bonchev–Trinajstić information content (AvgIpc) is 2.31. The van der Waals surface area contributed by atoms with Gasteiger partial charge in [-0.05, 0) is 20.0 Å². The second-order valence-electron chi connectivity index (χ2n) is 3.75. The van der Waals surface area contributed by atoms with Gasteiger partial charge in [0.05, 0.1) is 0 Å². The number of alkyl halides is 1. The van der Waals surface area contributed by atoms with Crippen LogP contribution in [0.25, 0.3) is 0 Å². The minimum absolute atomic E-state index is 0.258. The highest BCUT2D eigenvalue weighted by atomic mass is 19.1. The van der Waals surface area contributed by atoms with Crippen LogP contribution in [0.3, 0.4) is 0 Å². The van der Waals surface area contributed by atoms with Crippen LogP contribution in [0.1, 0.15) is 6.42 Å². The molecule has 2 heterocycles. The lowest BCUT2D eigenvalue weighted by Gasteiger charge is -2.28. The van der Waals surface area contributed by atoms with Crippen LogP contribution in [0.15, 0.2) is 0 Å². The molecule has 11 heavy (non-hydrogen) atoms. The fourth-order valence-electron chi connectivity index (χ4n) is 2.24. The van der Waals surface area contributed by atoms with Crippen molar-refractivity contribution in [2.45, 2.75) is 18.6 Å². The molecule has 0 radical (unpaired) electrons. The Hall–Kier alpha value is -0.150. The zero-order valence-electron chi connectivity index (χ0n) is 6.89. The fourth-order valence-corrected chi connectivity index (χ4v) is 2.24. The van der Waals surface area contributed by atoms with Crippen molar-refractivity contribution in [2.24, 2.45) is 5.92 Å². The SMILES string of the molecule is CN1CC2NCCC(F)C2C1. The summed E-state index contributed by atoms with van der Waals surface area (Å²) in [5, 5.41) is 3.36. The summed E-state index contributed by atoms with van der Waals surface area (Å²) < 4.78 is 13.2. The van der Waals surface area contributed by atoms with Crippen molar-refractivity contribution in [3.8, 4) is 0 Å². The van der Waals surface area contributed by atoms with Crippen molar-refractivity contribution in [1.29, 1.82) is 0 Å². The summed E-state index contributed by atoms with van der Waals surface area (Å²) in [7, 11) is 2.06. The first-order valence-corrected chi connectivity index (χ1v) is 4.33. The molecular weight excluding hydrogens is 143 g/mol. The minimum Gasteiger partial charge on any atom is -0.312 e. The lowest BCUT2D eigenvalue weighted by Crippen LogP contribution is -2.46. The van der Waals surface area contributed by atoms with Crippen LogP contribution in [0.2, 0.25) is 0 Å². The maximum Gasteiger partial charge on any atom is 0.107 e. The number of nitrogens with zero attached hydrogens (tertiary/aromatic N) is 1. The van der Waals surface area contributed by atoms with Crippen LogP contribution < -0.4 is 5.32 Å². The summed E-state index contributed by atoms with van der Waals surface area (Å²) in [5.41, 5.74) is 0. The molecule has 3 heteroatoms. The third-order valence-corrected chi connectivity index (χ3v) is 2.84. The van der Waals surface area contributed by atoms with Crippen LogP contribution in [0.4, 0.5) is 4.39 Å². The molecule has 3 atom stereocenters. The predicted molar refractivity (Wildman–Crippen MR) is 42.3 cm³/mol. The van der Waals surface area contributed by atoms with Crippen molar-refractivity contribution in [3.05, 3.63) is 0 Å². The van der Waals surface area contributed by atoms with Crippen molar-refractivity contribution in [2.75, 3.05) is 26.7 Å². The molecule has 2 aliphatic rings. The molecule has 1 N–H and O–H groups in total. The minimum atomic E-state index is -0.564. The molecule has 2 aliphatic heterocycles. The summed E-state index contributed by atoms with van der Waals surface area (Å²) in [6, 6.07) is 0.420. The summed E-state index contributed by atoms with van der Waals surface area (Å²) in [4.78, 5) is 2.21. The van der Waals surface area contributed by atoms with Gasteiger partial charge in [-0.25, -0.2) is 4.39 Å². The number of halogens is 1. The number of nitrogens with one attached hydrogen (secondary N) is 1. The van der Waals surface area contributed by atoms with Gasteiger partial charge in [-0.3, -0.25) is 0 Å². The van der Waals surface area contributed by atoms with Crippen LogP contribution in [-0.2, 0) is 0 Å². The van der Waals surface area contributed by atoms with Crippen LogP contribution in [-0.4, -0.2) is 43.8 Å². The summed E-state index contributed by atoms with van der Waals surface area (Å²) in [5.74, 6) is 0.258. The third-order valence-electron chi connectivity index (χ3n) is 2.84. The number of hydrogen-bond donors (Lipinski definition) is 1. The Morgan fingerprint density at radius 3 is 3.00 bits per heavy atom. The Bertz CT molecular complexity index is 151. The number of rotatable bonds is 0.